The Morgan fingerprint density at radius 2 is 2.14 bits per heavy atom. The Balaban J connectivity index is 3.35. The number of nitro benzene ring substituents is 1. The van der Waals surface area contributed by atoms with Gasteiger partial charge in [-0.2, -0.15) is 0 Å². The van der Waals surface area contributed by atoms with Gasteiger partial charge < -0.3 is 0 Å². The van der Waals surface area contributed by atoms with E-state index in [1.807, 2.05) is 6.92 Å². The summed E-state index contributed by atoms with van der Waals surface area (Å²) in [6.45, 7) is 5.56. The highest BCUT2D eigenvalue weighted by Gasteiger charge is 2.24. The van der Waals surface area contributed by atoms with Crippen molar-refractivity contribution < 1.29 is 13.3 Å². The first-order valence-corrected chi connectivity index (χ1v) is 8.37. The van der Waals surface area contributed by atoms with Crippen molar-refractivity contribution in [2.24, 2.45) is 0 Å². The van der Waals surface area contributed by atoms with Crippen LogP contribution in [0.25, 0.3) is 0 Å². The number of rotatable bonds is 8. The number of unbranched alkanes of at least 4 members (excludes halogenated alkanes) is 1. The topological polar surface area (TPSA) is 80.5 Å². The molecule has 8 heteroatoms. The van der Waals surface area contributed by atoms with Gasteiger partial charge in [-0.3, -0.25) is 14.4 Å². The normalized spacial score (nSPS) is 11.1. The Morgan fingerprint density at radius 1 is 1.48 bits per heavy atom. The van der Waals surface area contributed by atoms with Crippen molar-refractivity contribution in [2.75, 3.05) is 16.6 Å². The average molecular weight is 333 g/mol. The second kappa shape index (κ2) is 7.42. The molecule has 0 radical (unpaired) electrons. The summed E-state index contributed by atoms with van der Waals surface area (Å²) in [6.07, 6.45) is 2.68. The van der Waals surface area contributed by atoms with Crippen molar-refractivity contribution in [1.29, 1.82) is 0 Å². The van der Waals surface area contributed by atoms with E-state index in [0.717, 1.165) is 10.7 Å². The van der Waals surface area contributed by atoms with E-state index >= 15 is 0 Å². The molecule has 21 heavy (non-hydrogen) atoms. The number of nitro groups is 1. The van der Waals surface area contributed by atoms with Crippen molar-refractivity contribution in [3.8, 4) is 0 Å². The van der Waals surface area contributed by atoms with Crippen LogP contribution < -0.4 is 4.31 Å². The molecule has 0 heterocycles. The quantitative estimate of drug-likeness (QED) is 0.415. The van der Waals surface area contributed by atoms with E-state index in [0.29, 0.717) is 6.42 Å². The van der Waals surface area contributed by atoms with Crippen molar-refractivity contribution in [3.05, 3.63) is 46.0 Å². The number of hydrogen-bond acceptors (Lipinski definition) is 4. The molecule has 0 unspecified atom stereocenters. The zero-order valence-corrected chi connectivity index (χ0v) is 13.2. The van der Waals surface area contributed by atoms with Crippen molar-refractivity contribution in [1.82, 2.24) is 0 Å². The van der Waals surface area contributed by atoms with E-state index in [1.165, 1.54) is 24.3 Å². The third-order valence-corrected chi connectivity index (χ3v) is 4.82. The van der Waals surface area contributed by atoms with Gasteiger partial charge >= 0.3 is 0 Å². The van der Waals surface area contributed by atoms with Crippen molar-refractivity contribution >= 4 is 33.0 Å². The lowest BCUT2D eigenvalue weighted by atomic mass is 10.2. The number of nitrogens with zero attached hydrogens (tertiary/aromatic N) is 2. The summed E-state index contributed by atoms with van der Waals surface area (Å²) in [6, 6.07) is 3.75. The Hall–Kier alpha value is -1.60. The molecule has 0 aliphatic carbocycles. The van der Waals surface area contributed by atoms with Crippen LogP contribution in [-0.2, 0) is 10.0 Å². The highest BCUT2D eigenvalue weighted by molar-refractivity contribution is 7.92. The van der Waals surface area contributed by atoms with Crippen LogP contribution in [0.5, 0.6) is 0 Å². The molecule has 1 aromatic carbocycles. The second-order valence-electron chi connectivity index (χ2n) is 4.39. The van der Waals surface area contributed by atoms with Gasteiger partial charge in [-0.25, -0.2) is 8.42 Å². The number of sulfonamides is 1. The molecule has 0 spiro atoms. The smallest absolute Gasteiger partial charge is 0.268 e. The van der Waals surface area contributed by atoms with E-state index in [2.05, 4.69) is 6.58 Å². The molecule has 0 aromatic heterocycles. The summed E-state index contributed by atoms with van der Waals surface area (Å²) in [5.41, 5.74) is -0.0779. The number of benzene rings is 1. The first-order valence-electron chi connectivity index (χ1n) is 6.38. The zero-order valence-electron chi connectivity index (χ0n) is 11.7. The standard InChI is InChI=1S/C13H17ClN2O4S/c1-3-5-8-15(21(19,20)9-4-2)13-10-11(16(17)18)6-7-12(13)14/h4,6-7,10H,2-3,5,8-9H2,1H3. The molecule has 0 saturated carbocycles. The fraction of sp³-hybridized carbons (Fsp3) is 0.385. The molecule has 0 saturated heterocycles. The first kappa shape index (κ1) is 17.5. The van der Waals surface area contributed by atoms with Crippen LogP contribution in [0.2, 0.25) is 5.02 Å². The third-order valence-electron chi connectivity index (χ3n) is 2.79. The fourth-order valence-corrected chi connectivity index (χ4v) is 3.36. The van der Waals surface area contributed by atoms with Crippen LogP contribution >= 0.6 is 11.6 Å². The molecule has 0 bridgehead atoms. The maximum Gasteiger partial charge on any atom is 0.271 e. The minimum atomic E-state index is -3.65. The minimum absolute atomic E-state index is 0.126. The summed E-state index contributed by atoms with van der Waals surface area (Å²) in [7, 11) is -3.65. The highest BCUT2D eigenvalue weighted by Crippen LogP contribution is 2.32. The van der Waals surface area contributed by atoms with Gasteiger partial charge in [0.1, 0.15) is 0 Å². The highest BCUT2D eigenvalue weighted by atomic mass is 35.5. The van der Waals surface area contributed by atoms with Crippen molar-refractivity contribution in [2.45, 2.75) is 19.8 Å². The van der Waals surface area contributed by atoms with Gasteiger partial charge in [0.25, 0.3) is 5.69 Å². The first-order chi connectivity index (χ1) is 9.83. The van der Waals surface area contributed by atoms with Gasteiger partial charge in [0.05, 0.1) is 21.4 Å². The lowest BCUT2D eigenvalue weighted by Gasteiger charge is -2.24. The Morgan fingerprint density at radius 3 is 2.67 bits per heavy atom. The molecule has 1 rings (SSSR count). The van der Waals surface area contributed by atoms with Crippen LogP contribution in [0.3, 0.4) is 0 Å². The molecule has 116 valence electrons. The molecular formula is C13H17ClN2O4S. The lowest BCUT2D eigenvalue weighted by molar-refractivity contribution is -0.384. The third kappa shape index (κ3) is 4.44. The number of halogens is 1. The SMILES string of the molecule is C=CCS(=O)(=O)N(CCCC)c1cc([N+](=O)[O-])ccc1Cl. The van der Waals surface area contributed by atoms with Gasteiger partial charge in [0.15, 0.2) is 0 Å². The van der Waals surface area contributed by atoms with Crippen LogP contribution in [0.15, 0.2) is 30.9 Å². The molecule has 0 aliphatic rings. The molecule has 0 atom stereocenters. The predicted molar refractivity (Wildman–Crippen MR) is 84.3 cm³/mol. The Labute approximate surface area is 129 Å². The summed E-state index contributed by atoms with van der Waals surface area (Å²) < 4.78 is 25.7. The van der Waals surface area contributed by atoms with Crippen LogP contribution in [0.4, 0.5) is 11.4 Å². The molecule has 0 N–H and O–H groups in total. The average Bonchev–Trinajstić information content (AvgIpc) is 2.40. The summed E-state index contributed by atoms with van der Waals surface area (Å²) >= 11 is 6.03. The van der Waals surface area contributed by atoms with Gasteiger partial charge in [-0.15, -0.1) is 6.58 Å². The van der Waals surface area contributed by atoms with Crippen molar-refractivity contribution in [3.63, 3.8) is 0 Å². The minimum Gasteiger partial charge on any atom is -0.268 e. The molecular weight excluding hydrogens is 316 g/mol. The number of anilines is 1. The maximum atomic E-state index is 12.3. The molecule has 0 fully saturated rings. The van der Waals surface area contributed by atoms with Gasteiger partial charge in [-0.05, 0) is 12.5 Å². The van der Waals surface area contributed by atoms with E-state index in [1.54, 1.807) is 0 Å². The van der Waals surface area contributed by atoms with Crippen LogP contribution in [0, 0.1) is 10.1 Å². The van der Waals surface area contributed by atoms with Gasteiger partial charge in [0.2, 0.25) is 10.0 Å². The van der Waals surface area contributed by atoms with Gasteiger partial charge in [-0.1, -0.05) is 31.0 Å². The van der Waals surface area contributed by atoms with Crippen LogP contribution in [0.1, 0.15) is 19.8 Å². The maximum absolute atomic E-state index is 12.3. The predicted octanol–water partition coefficient (Wildman–Crippen LogP) is 3.37. The second-order valence-corrected chi connectivity index (χ2v) is 6.73. The largest absolute Gasteiger partial charge is 0.271 e. The Bertz CT molecular complexity index is 631. The zero-order chi connectivity index (χ0) is 16.0. The lowest BCUT2D eigenvalue weighted by Crippen LogP contribution is -2.33. The monoisotopic (exact) mass is 332 g/mol. The number of non-ortho nitro benzene ring substituents is 1. The number of hydrogen-bond donors (Lipinski definition) is 0. The molecule has 0 aliphatic heterocycles. The molecule has 6 nitrogen and oxygen atoms in total. The van der Waals surface area contributed by atoms with E-state index in [4.69, 9.17) is 11.6 Å². The van der Waals surface area contributed by atoms with Gasteiger partial charge in [0, 0.05) is 18.7 Å². The van der Waals surface area contributed by atoms with Crippen LogP contribution in [-0.4, -0.2) is 25.6 Å². The van der Waals surface area contributed by atoms with E-state index in [-0.39, 0.29) is 28.7 Å². The summed E-state index contributed by atoms with van der Waals surface area (Å²) in [4.78, 5) is 10.3. The Kier molecular flexibility index (Phi) is 6.17. The van der Waals surface area contributed by atoms with E-state index < -0.39 is 14.9 Å². The fourth-order valence-electron chi connectivity index (χ4n) is 1.76. The molecule has 0 amide bonds. The van der Waals surface area contributed by atoms with E-state index in [9.17, 15) is 18.5 Å². The summed E-state index contributed by atoms with van der Waals surface area (Å²) in [5, 5.41) is 11.0. The summed E-state index contributed by atoms with van der Waals surface area (Å²) in [5.74, 6) is -0.254. The molecule has 1 aromatic rings.